The molecule has 3 rings (SSSR count). The van der Waals surface area contributed by atoms with Crippen LogP contribution in [0.2, 0.25) is 5.02 Å². The lowest BCUT2D eigenvalue weighted by atomic mass is 10.1. The average molecular weight is 438 g/mol. The Morgan fingerprint density at radius 1 is 1.07 bits per heavy atom. The van der Waals surface area contributed by atoms with E-state index in [1.807, 2.05) is 4.57 Å². The third kappa shape index (κ3) is 4.07. The zero-order valence-electron chi connectivity index (χ0n) is 17.5. The number of nitrogen functional groups attached to an aromatic ring is 1. The largest absolute Gasteiger partial charge is 0.493 e. The summed E-state index contributed by atoms with van der Waals surface area (Å²) >= 11 is 6.60. The van der Waals surface area contributed by atoms with Crippen LogP contribution < -0.4 is 19.9 Å². The summed E-state index contributed by atoms with van der Waals surface area (Å²) in [4.78, 5) is 12.1. The van der Waals surface area contributed by atoms with Crippen molar-refractivity contribution in [3.8, 4) is 17.2 Å². The van der Waals surface area contributed by atoms with Crippen molar-refractivity contribution in [1.29, 1.82) is 0 Å². The van der Waals surface area contributed by atoms with Crippen molar-refractivity contribution in [2.24, 2.45) is 0 Å². The molecule has 2 aromatic heterocycles. The van der Waals surface area contributed by atoms with E-state index >= 15 is 0 Å². The Labute approximate surface area is 179 Å². The molecule has 0 unspecified atom stereocenters. The van der Waals surface area contributed by atoms with Crippen molar-refractivity contribution in [2.75, 3.05) is 27.1 Å². The fourth-order valence-corrected chi connectivity index (χ4v) is 3.68. The quantitative estimate of drug-likeness (QED) is 0.399. The Morgan fingerprint density at radius 2 is 1.80 bits per heavy atom. The normalized spacial score (nSPS) is 11.1. The van der Waals surface area contributed by atoms with Crippen molar-refractivity contribution in [3.63, 3.8) is 0 Å². The van der Waals surface area contributed by atoms with Gasteiger partial charge in [0.2, 0.25) is 5.75 Å². The summed E-state index contributed by atoms with van der Waals surface area (Å²) in [6, 6.07) is 1.77. The number of fused-ring (bicyclic) bond motifs is 1. The predicted molar refractivity (Wildman–Crippen MR) is 113 cm³/mol. The van der Waals surface area contributed by atoms with E-state index in [2.05, 4.69) is 21.9 Å². The van der Waals surface area contributed by atoms with E-state index in [9.17, 15) is 4.39 Å². The van der Waals surface area contributed by atoms with E-state index in [-0.39, 0.29) is 5.82 Å². The molecule has 0 radical (unpaired) electrons. The highest BCUT2D eigenvalue weighted by atomic mass is 35.5. The maximum atomic E-state index is 13.8. The van der Waals surface area contributed by atoms with Gasteiger partial charge in [-0.1, -0.05) is 31.4 Å². The molecule has 2 N–H and O–H groups in total. The molecule has 1 aromatic carbocycles. The lowest BCUT2D eigenvalue weighted by Gasteiger charge is -2.17. The van der Waals surface area contributed by atoms with Crippen molar-refractivity contribution in [1.82, 2.24) is 19.5 Å². The minimum atomic E-state index is -0.881. The van der Waals surface area contributed by atoms with Crippen molar-refractivity contribution in [2.45, 2.75) is 39.2 Å². The van der Waals surface area contributed by atoms with Crippen molar-refractivity contribution < 1.29 is 18.6 Å². The lowest BCUT2D eigenvalue weighted by molar-refractivity contribution is 0.324. The Kier molecular flexibility index (Phi) is 6.81. The first-order chi connectivity index (χ1) is 14.4. The molecule has 0 bridgehead atoms. The molecule has 0 aliphatic heterocycles. The van der Waals surface area contributed by atoms with Gasteiger partial charge in [0.05, 0.1) is 26.4 Å². The van der Waals surface area contributed by atoms with E-state index in [4.69, 9.17) is 31.5 Å². The van der Waals surface area contributed by atoms with Crippen LogP contribution in [0.4, 0.5) is 10.2 Å². The van der Waals surface area contributed by atoms with Crippen molar-refractivity contribution >= 4 is 28.6 Å². The van der Waals surface area contributed by atoms with Crippen LogP contribution in [0.5, 0.6) is 17.2 Å². The number of ether oxygens (including phenoxy) is 3. The molecule has 2 heterocycles. The monoisotopic (exact) mass is 437 g/mol. The second-order valence-electron chi connectivity index (χ2n) is 6.73. The number of methoxy groups -OCH3 is 3. The predicted octanol–water partition coefficient (Wildman–Crippen LogP) is 4.01. The highest BCUT2D eigenvalue weighted by molar-refractivity contribution is 6.33. The number of hydrogen-bond acceptors (Lipinski definition) is 7. The zero-order valence-corrected chi connectivity index (χ0v) is 18.2. The number of nitrogens with zero attached hydrogens (tertiary/aromatic N) is 4. The van der Waals surface area contributed by atoms with Gasteiger partial charge in [-0.25, -0.2) is 4.98 Å². The molecule has 162 valence electrons. The third-order valence-electron chi connectivity index (χ3n) is 4.85. The number of benzene rings is 1. The molecular weight excluding hydrogens is 413 g/mol. The van der Waals surface area contributed by atoms with Gasteiger partial charge in [0, 0.05) is 13.0 Å². The summed E-state index contributed by atoms with van der Waals surface area (Å²) in [6.45, 7) is 2.74. The van der Waals surface area contributed by atoms with Gasteiger partial charge in [0.15, 0.2) is 28.5 Å². The first kappa shape index (κ1) is 21.9. The summed E-state index contributed by atoms with van der Waals surface area (Å²) in [5.74, 6) is 1.90. The van der Waals surface area contributed by atoms with E-state index in [0.717, 1.165) is 19.3 Å². The summed E-state index contributed by atoms with van der Waals surface area (Å²) in [5.41, 5.74) is 7.35. The van der Waals surface area contributed by atoms with Crippen LogP contribution in [-0.2, 0) is 13.0 Å². The molecule has 0 atom stereocenters. The molecule has 0 spiro atoms. The third-order valence-corrected chi connectivity index (χ3v) is 5.27. The van der Waals surface area contributed by atoms with Gasteiger partial charge in [-0.05, 0) is 18.1 Å². The first-order valence-corrected chi connectivity index (χ1v) is 9.98. The molecule has 0 amide bonds. The molecule has 30 heavy (non-hydrogen) atoms. The van der Waals surface area contributed by atoms with Crippen LogP contribution in [0, 0.1) is 6.08 Å². The Bertz CT molecular complexity index is 1060. The maximum absolute atomic E-state index is 13.8. The van der Waals surface area contributed by atoms with Crippen LogP contribution in [-0.4, -0.2) is 40.8 Å². The molecule has 3 aromatic rings. The highest BCUT2D eigenvalue weighted by Crippen LogP contribution is 2.45. The number of unbranched alkanes of at least 4 members (excludes halogenated alkanes) is 2. The summed E-state index contributed by atoms with van der Waals surface area (Å²) in [7, 11) is 4.56. The van der Waals surface area contributed by atoms with Crippen LogP contribution >= 0.6 is 11.6 Å². The minimum Gasteiger partial charge on any atom is -0.493 e. The zero-order chi connectivity index (χ0) is 21.8. The number of rotatable bonds is 9. The number of anilines is 1. The average Bonchev–Trinajstić information content (AvgIpc) is 3.06. The number of hydrogen-bond donors (Lipinski definition) is 1. The van der Waals surface area contributed by atoms with E-state index < -0.39 is 6.08 Å². The maximum Gasteiger partial charge on any atom is 0.312 e. The van der Waals surface area contributed by atoms with E-state index in [1.165, 1.54) is 21.3 Å². The summed E-state index contributed by atoms with van der Waals surface area (Å²) in [6.07, 6.45) is 2.41. The number of aryl methyl sites for hydroxylation is 1. The fraction of sp³-hybridized carbons (Fsp3) is 0.450. The highest BCUT2D eigenvalue weighted by Gasteiger charge is 2.22. The number of halogens is 2. The number of nitrogens with two attached hydrogens (primary N) is 1. The van der Waals surface area contributed by atoms with Gasteiger partial charge in [-0.3, -0.25) is 0 Å². The lowest BCUT2D eigenvalue weighted by Crippen LogP contribution is -2.08. The Balaban J connectivity index is 2.13. The van der Waals surface area contributed by atoms with Gasteiger partial charge >= 0.3 is 6.08 Å². The second kappa shape index (κ2) is 9.34. The van der Waals surface area contributed by atoms with Crippen LogP contribution in [0.1, 0.15) is 37.6 Å². The minimum absolute atomic E-state index is 0.00369. The van der Waals surface area contributed by atoms with Gasteiger partial charge < -0.3 is 24.5 Å². The van der Waals surface area contributed by atoms with Crippen molar-refractivity contribution in [3.05, 3.63) is 28.6 Å². The smallest absolute Gasteiger partial charge is 0.312 e. The molecule has 0 fully saturated rings. The van der Waals surface area contributed by atoms with Crippen LogP contribution in [0.15, 0.2) is 6.07 Å². The summed E-state index contributed by atoms with van der Waals surface area (Å²) in [5, 5.41) is 0.382. The molecule has 0 saturated heterocycles. The summed E-state index contributed by atoms with van der Waals surface area (Å²) < 4.78 is 31.9. The van der Waals surface area contributed by atoms with Gasteiger partial charge in [-0.15, -0.1) is 0 Å². The molecule has 0 aliphatic carbocycles. The molecular formula is C20H25ClFN5O3. The molecule has 10 heteroatoms. The first-order valence-electron chi connectivity index (χ1n) is 9.60. The van der Waals surface area contributed by atoms with E-state index in [0.29, 0.717) is 57.8 Å². The standard InChI is InChI=1S/C20H25ClFN5O3/c1-5-6-7-8-27-13(24-15-18(23)25-20(22)26-19(15)27)10-11-9-12(28-2)16(29-3)17(30-4)14(11)21/h9H,5-8,10H2,1-4H3,(H2,23,25,26). The van der Waals surface area contributed by atoms with Gasteiger partial charge in [0.1, 0.15) is 5.82 Å². The fourth-order valence-electron chi connectivity index (χ4n) is 3.40. The Morgan fingerprint density at radius 3 is 2.43 bits per heavy atom. The topological polar surface area (TPSA) is 97.3 Å². The molecule has 0 saturated carbocycles. The number of imidazole rings is 1. The van der Waals surface area contributed by atoms with Crippen LogP contribution in [0.25, 0.3) is 11.2 Å². The van der Waals surface area contributed by atoms with Gasteiger partial charge in [0.25, 0.3) is 0 Å². The SMILES string of the molecule is CCCCCn1c(Cc2cc(OC)c(OC)c(OC)c2Cl)nc2c(N)nc(F)nc21. The Hall–Kier alpha value is -2.81. The van der Waals surface area contributed by atoms with Gasteiger partial charge in [-0.2, -0.15) is 14.4 Å². The molecule has 0 aliphatic rings. The molecule has 8 nitrogen and oxygen atoms in total. The van der Waals surface area contributed by atoms with Crippen LogP contribution in [0.3, 0.4) is 0 Å². The van der Waals surface area contributed by atoms with E-state index in [1.54, 1.807) is 6.07 Å². The number of aromatic nitrogens is 4. The second-order valence-corrected chi connectivity index (χ2v) is 7.11.